The van der Waals surface area contributed by atoms with Gasteiger partial charge >= 0.3 is 0 Å². The second kappa shape index (κ2) is 14.7. The van der Waals surface area contributed by atoms with Crippen molar-refractivity contribution in [2.45, 2.75) is 0 Å². The van der Waals surface area contributed by atoms with Crippen LogP contribution in [-0.4, -0.2) is 14.5 Å². The molecule has 62 heavy (non-hydrogen) atoms. The Morgan fingerprint density at radius 1 is 0.339 bits per heavy atom. The van der Waals surface area contributed by atoms with E-state index in [0.717, 1.165) is 89.1 Å². The van der Waals surface area contributed by atoms with Gasteiger partial charge in [-0.15, -0.1) is 0 Å². The zero-order valence-corrected chi connectivity index (χ0v) is 33.6. The molecule has 12 rings (SSSR count). The van der Waals surface area contributed by atoms with Gasteiger partial charge in [-0.25, -0.2) is 9.97 Å². The van der Waals surface area contributed by atoms with Crippen LogP contribution in [0.2, 0.25) is 0 Å². The van der Waals surface area contributed by atoms with Crippen LogP contribution >= 0.6 is 0 Å². The minimum Gasteiger partial charge on any atom is -0.456 e. The van der Waals surface area contributed by atoms with Crippen LogP contribution in [-0.2, 0) is 0 Å². The summed E-state index contributed by atoms with van der Waals surface area (Å²) >= 11 is 0. The highest BCUT2D eigenvalue weighted by molar-refractivity contribution is 6.17. The molecule has 0 spiro atoms. The fourth-order valence-electron chi connectivity index (χ4n) is 9.15. The van der Waals surface area contributed by atoms with Gasteiger partial charge in [-0.1, -0.05) is 176 Å². The number of fused-ring (bicyclic) bond motifs is 6. The summed E-state index contributed by atoms with van der Waals surface area (Å²) < 4.78 is 9.36. The molecule has 0 radical (unpaired) electrons. The molecular weight excluding hydrogens is 755 g/mol. The molecule has 0 aliphatic rings. The average Bonchev–Trinajstić information content (AvgIpc) is 3.90. The second-order valence-corrected chi connectivity index (χ2v) is 15.7. The summed E-state index contributed by atoms with van der Waals surface area (Å²) in [6, 6.07) is 79.0. The van der Waals surface area contributed by atoms with Crippen molar-refractivity contribution in [3.63, 3.8) is 0 Å². The van der Waals surface area contributed by atoms with Gasteiger partial charge in [0.05, 0.1) is 22.4 Å². The van der Waals surface area contributed by atoms with Gasteiger partial charge in [0.2, 0.25) is 0 Å². The number of aromatic nitrogens is 3. The van der Waals surface area contributed by atoms with E-state index in [9.17, 15) is 0 Å². The third-order valence-corrected chi connectivity index (χ3v) is 12.0. The lowest BCUT2D eigenvalue weighted by Crippen LogP contribution is -2.01. The number of hydrogen-bond acceptors (Lipinski definition) is 3. The first-order valence-electron chi connectivity index (χ1n) is 21.0. The quantitative estimate of drug-likeness (QED) is 0.161. The smallest absolute Gasteiger partial charge is 0.160 e. The summed E-state index contributed by atoms with van der Waals surface area (Å²) in [5, 5.41) is 4.54. The third-order valence-electron chi connectivity index (χ3n) is 12.0. The van der Waals surface area contributed by atoms with Gasteiger partial charge in [0.1, 0.15) is 11.2 Å². The highest BCUT2D eigenvalue weighted by Crippen LogP contribution is 2.47. The zero-order valence-electron chi connectivity index (χ0n) is 33.6. The number of benzene rings is 9. The fraction of sp³-hybridized carbons (Fsp3) is 0. The molecule has 12 aromatic rings. The number of furan rings is 1. The Balaban J connectivity index is 1.11. The molecule has 0 atom stereocenters. The topological polar surface area (TPSA) is 43.9 Å². The Kier molecular flexibility index (Phi) is 8.46. The number of rotatable bonds is 7. The van der Waals surface area contributed by atoms with Crippen LogP contribution in [0.1, 0.15) is 0 Å². The van der Waals surface area contributed by atoms with Crippen molar-refractivity contribution >= 4 is 43.7 Å². The van der Waals surface area contributed by atoms with Crippen LogP contribution in [0.5, 0.6) is 0 Å². The monoisotopic (exact) mass is 791 g/mol. The van der Waals surface area contributed by atoms with E-state index < -0.39 is 0 Å². The molecule has 0 fully saturated rings. The predicted octanol–water partition coefficient (Wildman–Crippen LogP) is 15.5. The summed E-state index contributed by atoms with van der Waals surface area (Å²) in [6.45, 7) is 0. The number of hydrogen-bond donors (Lipinski definition) is 0. The molecule has 0 saturated heterocycles. The first kappa shape index (κ1) is 35.6. The molecule has 3 aromatic heterocycles. The first-order valence-corrected chi connectivity index (χ1v) is 21.0. The standard InChI is InChI=1S/C58H37N3O/c1-5-18-38(19-6-1)44-35-49(55-56(39-20-7-2-8-21-39)59-58(41-24-11-4-12-25-41)60-57(55)40-22-9-3-10-23-40)54-48-33-32-43(36-52(48)62-53(54)37-44)42-26-17-27-45(34-42)61-50-30-15-13-28-46(50)47-29-14-16-31-51(47)61/h1-37H. The summed E-state index contributed by atoms with van der Waals surface area (Å²) in [4.78, 5) is 10.9. The molecule has 0 amide bonds. The molecule has 0 bridgehead atoms. The minimum absolute atomic E-state index is 0.673. The average molecular weight is 792 g/mol. The first-order chi connectivity index (χ1) is 30.7. The van der Waals surface area contributed by atoms with Crippen molar-refractivity contribution in [2.75, 3.05) is 0 Å². The molecule has 0 aliphatic heterocycles. The zero-order chi connectivity index (χ0) is 41.0. The van der Waals surface area contributed by atoms with Gasteiger partial charge in [0, 0.05) is 49.5 Å². The van der Waals surface area contributed by atoms with Crippen LogP contribution in [0.3, 0.4) is 0 Å². The summed E-state index contributed by atoms with van der Waals surface area (Å²) in [5.41, 5.74) is 16.1. The third kappa shape index (κ3) is 6.00. The lowest BCUT2D eigenvalue weighted by molar-refractivity contribution is 0.669. The molecule has 0 unspecified atom stereocenters. The van der Waals surface area contributed by atoms with E-state index in [1.54, 1.807) is 0 Å². The Bertz CT molecular complexity index is 3500. The van der Waals surface area contributed by atoms with E-state index >= 15 is 0 Å². The van der Waals surface area contributed by atoms with E-state index in [2.05, 4.69) is 211 Å². The van der Waals surface area contributed by atoms with E-state index in [1.807, 2.05) is 18.2 Å². The van der Waals surface area contributed by atoms with E-state index in [1.165, 1.54) is 21.8 Å². The van der Waals surface area contributed by atoms with Crippen LogP contribution < -0.4 is 0 Å². The van der Waals surface area contributed by atoms with Gasteiger partial charge in [0.25, 0.3) is 0 Å². The molecule has 290 valence electrons. The van der Waals surface area contributed by atoms with Crippen LogP contribution in [0.15, 0.2) is 229 Å². The molecule has 0 N–H and O–H groups in total. The lowest BCUT2D eigenvalue weighted by Gasteiger charge is -2.18. The van der Waals surface area contributed by atoms with Crippen molar-refractivity contribution in [3.8, 4) is 73.0 Å². The number of nitrogens with zero attached hydrogens (tertiary/aromatic N) is 3. The van der Waals surface area contributed by atoms with Gasteiger partial charge in [-0.3, -0.25) is 0 Å². The van der Waals surface area contributed by atoms with Crippen LogP contribution in [0.25, 0.3) is 117 Å². The SMILES string of the molecule is c1ccc(-c2cc(-c3c(-c4ccccc4)nc(-c4ccccc4)nc3-c3ccccc3)c3c(c2)oc2cc(-c4cccc(-n5c6ccccc6c6ccccc65)c4)ccc23)cc1. The molecule has 4 nitrogen and oxygen atoms in total. The maximum absolute atomic E-state index is 6.99. The van der Waals surface area contributed by atoms with Crippen molar-refractivity contribution in [3.05, 3.63) is 224 Å². The van der Waals surface area contributed by atoms with Gasteiger partial charge in [0.15, 0.2) is 5.82 Å². The van der Waals surface area contributed by atoms with Crippen LogP contribution in [0, 0.1) is 0 Å². The molecule has 0 aliphatic carbocycles. The molecule has 4 heteroatoms. The highest BCUT2D eigenvalue weighted by atomic mass is 16.3. The Hall–Kier alpha value is -8.34. The maximum Gasteiger partial charge on any atom is 0.160 e. The van der Waals surface area contributed by atoms with E-state index in [4.69, 9.17) is 14.4 Å². The molecular formula is C58H37N3O. The number of para-hydroxylation sites is 2. The van der Waals surface area contributed by atoms with Crippen molar-refractivity contribution < 1.29 is 4.42 Å². The molecule has 9 aromatic carbocycles. The lowest BCUT2D eigenvalue weighted by atomic mass is 9.89. The highest BCUT2D eigenvalue weighted by Gasteiger charge is 2.25. The molecule has 0 saturated carbocycles. The normalized spacial score (nSPS) is 11.5. The summed E-state index contributed by atoms with van der Waals surface area (Å²) in [5.74, 6) is 0.673. The second-order valence-electron chi connectivity index (χ2n) is 15.7. The van der Waals surface area contributed by atoms with Crippen molar-refractivity contribution in [1.29, 1.82) is 0 Å². The molecule has 3 heterocycles. The largest absolute Gasteiger partial charge is 0.456 e. The summed E-state index contributed by atoms with van der Waals surface area (Å²) in [7, 11) is 0. The van der Waals surface area contributed by atoms with Crippen molar-refractivity contribution in [2.24, 2.45) is 0 Å². The van der Waals surface area contributed by atoms with E-state index in [0.29, 0.717) is 5.82 Å². The van der Waals surface area contributed by atoms with Crippen LogP contribution in [0.4, 0.5) is 0 Å². The van der Waals surface area contributed by atoms with Gasteiger partial charge < -0.3 is 8.98 Å². The van der Waals surface area contributed by atoms with Gasteiger partial charge in [-0.05, 0) is 76.3 Å². The summed E-state index contributed by atoms with van der Waals surface area (Å²) in [6.07, 6.45) is 0. The Morgan fingerprint density at radius 2 is 0.839 bits per heavy atom. The Labute approximate surface area is 358 Å². The van der Waals surface area contributed by atoms with E-state index in [-0.39, 0.29) is 0 Å². The van der Waals surface area contributed by atoms with Crippen molar-refractivity contribution in [1.82, 2.24) is 14.5 Å². The fourth-order valence-corrected chi connectivity index (χ4v) is 9.15. The maximum atomic E-state index is 6.99. The Morgan fingerprint density at radius 3 is 1.45 bits per heavy atom. The predicted molar refractivity (Wildman–Crippen MR) is 256 cm³/mol. The van der Waals surface area contributed by atoms with Gasteiger partial charge in [-0.2, -0.15) is 0 Å². The minimum atomic E-state index is 0.673.